The molecule has 0 spiro atoms. The predicted octanol–water partition coefficient (Wildman–Crippen LogP) is 17.2. The highest BCUT2D eigenvalue weighted by molar-refractivity contribution is 7.22. The van der Waals surface area contributed by atoms with E-state index < -0.39 is 0 Å². The van der Waals surface area contributed by atoms with E-state index >= 15 is 0 Å². The fourth-order valence-corrected chi connectivity index (χ4v) is 12.3. The summed E-state index contributed by atoms with van der Waals surface area (Å²) < 4.78 is 8.75. The van der Waals surface area contributed by atoms with Crippen molar-refractivity contribution in [2.75, 3.05) is 9.80 Å². The lowest BCUT2D eigenvalue weighted by Gasteiger charge is -2.45. The quantitative estimate of drug-likeness (QED) is 0.164. The van der Waals surface area contributed by atoms with Crippen LogP contribution in [0.25, 0.3) is 42.6 Å². The van der Waals surface area contributed by atoms with Crippen LogP contribution in [0.15, 0.2) is 138 Å². The van der Waals surface area contributed by atoms with Crippen molar-refractivity contribution in [3.05, 3.63) is 172 Å². The lowest BCUT2D eigenvalue weighted by Crippen LogP contribution is -2.61. The molecule has 70 heavy (non-hydrogen) atoms. The summed E-state index contributed by atoms with van der Waals surface area (Å²) in [7, 11) is 0. The maximum atomic E-state index is 7.45. The number of rotatable bonds is 4. The van der Waals surface area contributed by atoms with Gasteiger partial charge in [0.25, 0.3) is 6.71 Å². The molecule has 4 heterocycles. The summed E-state index contributed by atoms with van der Waals surface area (Å²) in [5, 5.41) is 2.46. The molecular formula is C65H67BN2OS. The molecule has 0 saturated heterocycles. The van der Waals surface area contributed by atoms with E-state index in [0.29, 0.717) is 0 Å². The molecule has 9 aromatic rings. The number of fused-ring (bicyclic) bond motifs is 7. The van der Waals surface area contributed by atoms with Crippen molar-refractivity contribution in [3.63, 3.8) is 0 Å². The van der Waals surface area contributed by atoms with E-state index in [1.54, 1.807) is 0 Å². The predicted molar refractivity (Wildman–Crippen MR) is 306 cm³/mol. The molecule has 2 aliphatic heterocycles. The monoisotopic (exact) mass is 935 g/mol. The zero-order chi connectivity index (χ0) is 49.6. The SMILES string of the molecule is Cc1cc(C(C)(C)C)cc(C)c1N1c2cc(C(C)(C)C)cc3c2B(c2cc(-c4cc5ccccc5s4)ccc2N3c2c(C)cc(C(C)(C)C)cc2-c2ccccc2)c2c1oc1ccc(C(C)(C)C)cc21. The molecular weight excluding hydrogens is 868 g/mol. The van der Waals surface area contributed by atoms with Crippen molar-refractivity contribution < 1.29 is 4.42 Å². The molecule has 0 bridgehead atoms. The topological polar surface area (TPSA) is 19.6 Å². The van der Waals surface area contributed by atoms with Gasteiger partial charge < -0.3 is 9.32 Å². The van der Waals surface area contributed by atoms with Crippen molar-refractivity contribution in [2.45, 2.75) is 126 Å². The smallest absolute Gasteiger partial charge is 0.257 e. The highest BCUT2D eigenvalue weighted by atomic mass is 32.1. The Morgan fingerprint density at radius 1 is 0.457 bits per heavy atom. The second-order valence-electron chi connectivity index (χ2n) is 24.5. The van der Waals surface area contributed by atoms with Crippen LogP contribution in [-0.2, 0) is 21.7 Å². The maximum absolute atomic E-state index is 7.45. The van der Waals surface area contributed by atoms with Crippen LogP contribution in [-0.4, -0.2) is 6.71 Å². The molecule has 7 aromatic carbocycles. The van der Waals surface area contributed by atoms with Crippen molar-refractivity contribution in [3.8, 4) is 21.6 Å². The Labute approximate surface area is 421 Å². The average molecular weight is 935 g/mol. The Morgan fingerprint density at radius 3 is 1.66 bits per heavy atom. The molecule has 0 fully saturated rings. The van der Waals surface area contributed by atoms with Crippen LogP contribution in [0.1, 0.15) is 122 Å². The van der Waals surface area contributed by atoms with E-state index in [0.717, 1.165) is 11.5 Å². The summed E-state index contributed by atoms with van der Waals surface area (Å²) in [6.07, 6.45) is 0. The minimum Gasteiger partial charge on any atom is -0.440 e. The van der Waals surface area contributed by atoms with Gasteiger partial charge in [0.15, 0.2) is 0 Å². The van der Waals surface area contributed by atoms with Crippen LogP contribution >= 0.6 is 11.3 Å². The van der Waals surface area contributed by atoms with Gasteiger partial charge in [-0.15, -0.1) is 11.3 Å². The molecule has 0 atom stereocenters. The van der Waals surface area contributed by atoms with Crippen LogP contribution < -0.4 is 26.2 Å². The van der Waals surface area contributed by atoms with Gasteiger partial charge in [-0.1, -0.05) is 168 Å². The highest BCUT2D eigenvalue weighted by Crippen LogP contribution is 2.52. The number of hydrogen-bond donors (Lipinski definition) is 0. The van der Waals surface area contributed by atoms with Gasteiger partial charge in [0.2, 0.25) is 5.88 Å². The summed E-state index contributed by atoms with van der Waals surface area (Å²) >= 11 is 1.88. The third-order valence-corrected chi connectivity index (χ3v) is 16.3. The zero-order valence-electron chi connectivity index (χ0n) is 44.0. The molecule has 0 aliphatic carbocycles. The van der Waals surface area contributed by atoms with Crippen LogP contribution in [0.3, 0.4) is 0 Å². The summed E-state index contributed by atoms with van der Waals surface area (Å²) in [6.45, 7) is 34.8. The number of benzene rings is 7. The van der Waals surface area contributed by atoms with E-state index in [-0.39, 0.29) is 28.4 Å². The van der Waals surface area contributed by atoms with Crippen LogP contribution in [0.4, 0.5) is 34.3 Å². The molecule has 0 saturated carbocycles. The summed E-state index contributed by atoms with van der Waals surface area (Å²) in [6, 6.07) is 51.3. The van der Waals surface area contributed by atoms with Crippen LogP contribution in [0.2, 0.25) is 0 Å². The average Bonchev–Trinajstić information content (AvgIpc) is 3.90. The first-order valence-electron chi connectivity index (χ1n) is 25.3. The van der Waals surface area contributed by atoms with Crippen LogP contribution in [0.5, 0.6) is 0 Å². The number of nitrogens with zero attached hydrogens (tertiary/aromatic N) is 2. The second kappa shape index (κ2) is 15.9. The molecule has 3 nitrogen and oxygen atoms in total. The largest absolute Gasteiger partial charge is 0.440 e. The fraction of sp³-hybridized carbons (Fsp3) is 0.292. The van der Waals surface area contributed by atoms with Gasteiger partial charge in [-0.25, -0.2) is 0 Å². The summed E-state index contributed by atoms with van der Waals surface area (Å²) in [5.74, 6) is 0.910. The molecule has 2 aliphatic rings. The Hall–Kier alpha value is -6.30. The molecule has 0 amide bonds. The van der Waals surface area contributed by atoms with Gasteiger partial charge in [0.05, 0.1) is 11.4 Å². The molecule has 5 heteroatoms. The Morgan fingerprint density at radius 2 is 1.03 bits per heavy atom. The van der Waals surface area contributed by atoms with Gasteiger partial charge >= 0.3 is 0 Å². The first-order chi connectivity index (χ1) is 33.0. The zero-order valence-corrected chi connectivity index (χ0v) is 44.8. The Bertz CT molecular complexity index is 3520. The van der Waals surface area contributed by atoms with E-state index in [1.165, 1.54) is 121 Å². The summed E-state index contributed by atoms with van der Waals surface area (Å²) in [4.78, 5) is 6.46. The molecule has 2 aromatic heterocycles. The Kier molecular flexibility index (Phi) is 10.4. The first-order valence-corrected chi connectivity index (χ1v) is 26.1. The van der Waals surface area contributed by atoms with E-state index in [1.807, 2.05) is 11.3 Å². The lowest BCUT2D eigenvalue weighted by atomic mass is 9.33. The Balaban J connectivity index is 1.32. The third-order valence-electron chi connectivity index (χ3n) is 15.2. The number of hydrogen-bond acceptors (Lipinski definition) is 4. The molecule has 352 valence electrons. The molecule has 0 radical (unpaired) electrons. The molecule has 0 N–H and O–H groups in total. The van der Waals surface area contributed by atoms with Crippen molar-refractivity contribution >= 4 is 89.8 Å². The van der Waals surface area contributed by atoms with E-state index in [9.17, 15) is 0 Å². The number of anilines is 6. The van der Waals surface area contributed by atoms with Crippen molar-refractivity contribution in [1.29, 1.82) is 0 Å². The van der Waals surface area contributed by atoms with Gasteiger partial charge in [-0.2, -0.15) is 0 Å². The number of furan rings is 1. The third kappa shape index (κ3) is 7.45. The van der Waals surface area contributed by atoms with Gasteiger partial charge in [-0.05, 0) is 157 Å². The lowest BCUT2D eigenvalue weighted by molar-refractivity contribution is 0.587. The summed E-state index contributed by atoms with van der Waals surface area (Å²) in [5.41, 5.74) is 23.1. The minimum atomic E-state index is -0.174. The van der Waals surface area contributed by atoms with Gasteiger partial charge in [0.1, 0.15) is 5.58 Å². The fourth-order valence-electron chi connectivity index (χ4n) is 11.3. The molecule has 11 rings (SSSR count). The van der Waals surface area contributed by atoms with Crippen molar-refractivity contribution in [2.24, 2.45) is 0 Å². The minimum absolute atomic E-state index is 0.00652. The highest BCUT2D eigenvalue weighted by Gasteiger charge is 2.48. The van der Waals surface area contributed by atoms with E-state index in [4.69, 9.17) is 4.42 Å². The first kappa shape index (κ1) is 46.1. The van der Waals surface area contributed by atoms with Crippen LogP contribution in [0, 0.1) is 20.8 Å². The maximum Gasteiger partial charge on any atom is 0.257 e. The standard InChI is InChI=1S/C65H67BN2OS/c1-38-29-45(63(7,8)9)30-39(2)59(38)68-53-37-47(65(13,14)15)36-52-58(53)66(57-49-34-44(62(4,5)6)26-28-54(49)69-61(57)68)50-32-43(56-33-42-23-19-20-24-55(42)70-56)25-27-51(50)67(52)60-40(3)31-46(64(10,11)12)35-48(60)41-21-17-16-18-22-41/h16-37H,1-15H3. The number of aryl methyl sites for hydroxylation is 3. The number of thiophene rings is 1. The van der Waals surface area contributed by atoms with E-state index in [2.05, 4.69) is 247 Å². The van der Waals surface area contributed by atoms with Gasteiger partial charge in [-0.3, -0.25) is 4.90 Å². The van der Waals surface area contributed by atoms with Gasteiger partial charge in [0, 0.05) is 43.1 Å². The van der Waals surface area contributed by atoms with Crippen molar-refractivity contribution in [1.82, 2.24) is 0 Å². The second-order valence-corrected chi connectivity index (χ2v) is 25.6. The normalized spacial score (nSPS) is 13.8. The molecule has 0 unspecified atom stereocenters.